The molecule has 0 radical (unpaired) electrons. The third-order valence-electron chi connectivity index (χ3n) is 3.84. The van der Waals surface area contributed by atoms with Crippen molar-refractivity contribution in [3.8, 4) is 11.5 Å². The molecule has 0 aliphatic carbocycles. The Morgan fingerprint density at radius 1 is 1.00 bits per heavy atom. The van der Waals surface area contributed by atoms with E-state index in [-0.39, 0.29) is 6.54 Å². The van der Waals surface area contributed by atoms with Gasteiger partial charge in [0.05, 0.1) is 4.90 Å². The van der Waals surface area contributed by atoms with Crippen molar-refractivity contribution in [2.75, 3.05) is 13.2 Å². The maximum atomic E-state index is 12.5. The molecule has 0 saturated carbocycles. The van der Waals surface area contributed by atoms with E-state index in [0.717, 1.165) is 16.7 Å². The van der Waals surface area contributed by atoms with Gasteiger partial charge in [-0.25, -0.2) is 13.1 Å². The van der Waals surface area contributed by atoms with Gasteiger partial charge in [-0.3, -0.25) is 0 Å². The fourth-order valence-electron chi connectivity index (χ4n) is 2.53. The van der Waals surface area contributed by atoms with E-state index in [1.807, 2.05) is 25.1 Å². The first kappa shape index (κ1) is 15.8. The summed E-state index contributed by atoms with van der Waals surface area (Å²) >= 11 is 0. The fourth-order valence-corrected chi connectivity index (χ4v) is 3.78. The van der Waals surface area contributed by atoms with E-state index in [1.165, 1.54) is 0 Å². The number of hydrogen-bond acceptors (Lipinski definition) is 4. The molecule has 3 rings (SSSR count). The minimum Gasteiger partial charge on any atom is -0.486 e. The third kappa shape index (κ3) is 3.33. The van der Waals surface area contributed by atoms with Crippen molar-refractivity contribution in [1.29, 1.82) is 0 Å². The van der Waals surface area contributed by atoms with Crippen LogP contribution in [0.15, 0.2) is 41.3 Å². The van der Waals surface area contributed by atoms with Crippen LogP contribution in [0.5, 0.6) is 11.5 Å². The van der Waals surface area contributed by atoms with Crippen LogP contribution >= 0.6 is 0 Å². The lowest BCUT2D eigenvalue weighted by Crippen LogP contribution is -2.24. The first-order valence-electron chi connectivity index (χ1n) is 7.42. The maximum absolute atomic E-state index is 12.5. The molecule has 0 aromatic heterocycles. The molecule has 0 spiro atoms. The highest BCUT2D eigenvalue weighted by Gasteiger charge is 2.18. The lowest BCUT2D eigenvalue weighted by molar-refractivity contribution is 0.171. The predicted molar refractivity (Wildman–Crippen MR) is 87.4 cm³/mol. The molecule has 1 heterocycles. The van der Waals surface area contributed by atoms with Gasteiger partial charge in [0.2, 0.25) is 10.0 Å². The summed E-state index contributed by atoms with van der Waals surface area (Å²) in [5, 5.41) is 0. The number of hydrogen-bond donors (Lipinski definition) is 1. The van der Waals surface area contributed by atoms with Crippen LogP contribution in [0.25, 0.3) is 0 Å². The zero-order valence-corrected chi connectivity index (χ0v) is 13.9. The van der Waals surface area contributed by atoms with Crippen molar-refractivity contribution in [1.82, 2.24) is 4.72 Å². The highest BCUT2D eigenvalue weighted by Crippen LogP contribution is 2.33. The van der Waals surface area contributed by atoms with E-state index in [0.29, 0.717) is 29.6 Å². The number of fused-ring (bicyclic) bond motifs is 1. The normalized spacial score (nSPS) is 13.8. The van der Waals surface area contributed by atoms with E-state index >= 15 is 0 Å². The molecule has 23 heavy (non-hydrogen) atoms. The predicted octanol–water partition coefficient (Wildman–Crippen LogP) is 2.55. The molecule has 1 N–H and O–H groups in total. The van der Waals surface area contributed by atoms with Crippen LogP contribution in [0.4, 0.5) is 0 Å². The number of aryl methyl sites for hydroxylation is 2. The van der Waals surface area contributed by atoms with Crippen LogP contribution in [0.1, 0.15) is 16.7 Å². The zero-order chi connectivity index (χ0) is 16.4. The second kappa shape index (κ2) is 6.22. The van der Waals surface area contributed by atoms with Crippen molar-refractivity contribution < 1.29 is 17.9 Å². The molecule has 122 valence electrons. The Morgan fingerprint density at radius 3 is 2.35 bits per heavy atom. The average molecular weight is 333 g/mol. The SMILES string of the molecule is Cc1cc2c(cc1CNS(=O)(=O)c1ccccc1C)OCCO2. The van der Waals surface area contributed by atoms with Crippen molar-refractivity contribution in [2.45, 2.75) is 25.3 Å². The van der Waals surface area contributed by atoms with Gasteiger partial charge in [0.1, 0.15) is 13.2 Å². The summed E-state index contributed by atoms with van der Waals surface area (Å²) in [5.41, 5.74) is 2.55. The molecule has 0 saturated heterocycles. The number of sulfonamides is 1. The van der Waals surface area contributed by atoms with Gasteiger partial charge in [0.25, 0.3) is 0 Å². The Hall–Kier alpha value is -2.05. The molecule has 0 bridgehead atoms. The van der Waals surface area contributed by atoms with Gasteiger partial charge in [-0.1, -0.05) is 18.2 Å². The molecule has 6 heteroatoms. The topological polar surface area (TPSA) is 64.6 Å². The lowest BCUT2D eigenvalue weighted by Gasteiger charge is -2.20. The van der Waals surface area contributed by atoms with Crippen LogP contribution in [-0.2, 0) is 16.6 Å². The van der Waals surface area contributed by atoms with Crippen LogP contribution < -0.4 is 14.2 Å². The minimum atomic E-state index is -3.55. The fraction of sp³-hybridized carbons (Fsp3) is 0.294. The summed E-state index contributed by atoms with van der Waals surface area (Å²) in [6.07, 6.45) is 0. The molecule has 1 aliphatic heterocycles. The van der Waals surface area contributed by atoms with Crippen LogP contribution in [-0.4, -0.2) is 21.6 Å². The van der Waals surface area contributed by atoms with E-state index in [9.17, 15) is 8.42 Å². The quantitative estimate of drug-likeness (QED) is 0.934. The Bertz CT molecular complexity index is 830. The standard InChI is InChI=1S/C17H19NO4S/c1-12-5-3-4-6-17(12)23(19,20)18-11-14-10-16-15(9-13(14)2)21-7-8-22-16/h3-6,9-10,18H,7-8,11H2,1-2H3. The van der Waals surface area contributed by atoms with Gasteiger partial charge in [-0.2, -0.15) is 0 Å². The van der Waals surface area contributed by atoms with Gasteiger partial charge in [0.15, 0.2) is 11.5 Å². The molecule has 1 aliphatic rings. The molecule has 2 aromatic carbocycles. The van der Waals surface area contributed by atoms with Crippen molar-refractivity contribution in [3.05, 3.63) is 53.1 Å². The Kier molecular flexibility index (Phi) is 4.28. The minimum absolute atomic E-state index is 0.207. The maximum Gasteiger partial charge on any atom is 0.241 e. The highest BCUT2D eigenvalue weighted by molar-refractivity contribution is 7.89. The van der Waals surface area contributed by atoms with Crippen molar-refractivity contribution in [2.24, 2.45) is 0 Å². The smallest absolute Gasteiger partial charge is 0.241 e. The molecule has 5 nitrogen and oxygen atoms in total. The van der Waals surface area contributed by atoms with E-state index in [1.54, 1.807) is 25.1 Å². The third-order valence-corrected chi connectivity index (χ3v) is 5.40. The molecule has 0 fully saturated rings. The van der Waals surface area contributed by atoms with Gasteiger partial charge in [-0.15, -0.1) is 0 Å². The number of rotatable bonds is 4. The number of nitrogens with one attached hydrogen (secondary N) is 1. The average Bonchev–Trinajstić information content (AvgIpc) is 2.53. The summed E-state index contributed by atoms with van der Waals surface area (Å²) in [7, 11) is -3.55. The van der Waals surface area contributed by atoms with Crippen molar-refractivity contribution in [3.63, 3.8) is 0 Å². The molecule has 2 aromatic rings. The Labute approximate surface area is 136 Å². The summed E-state index contributed by atoms with van der Waals surface area (Å²) in [6.45, 7) is 4.95. The van der Waals surface area contributed by atoms with Crippen molar-refractivity contribution >= 4 is 10.0 Å². The first-order chi connectivity index (χ1) is 11.0. The molecule has 0 unspecified atom stereocenters. The molecule has 0 atom stereocenters. The Morgan fingerprint density at radius 2 is 1.65 bits per heavy atom. The largest absolute Gasteiger partial charge is 0.486 e. The van der Waals surface area contributed by atoms with Gasteiger partial charge in [0, 0.05) is 6.54 Å². The summed E-state index contributed by atoms with van der Waals surface area (Å²) in [4.78, 5) is 0.301. The second-order valence-corrected chi connectivity index (χ2v) is 7.25. The summed E-state index contributed by atoms with van der Waals surface area (Å²) < 4.78 is 38.7. The van der Waals surface area contributed by atoms with Gasteiger partial charge in [-0.05, 0) is 48.7 Å². The zero-order valence-electron chi connectivity index (χ0n) is 13.1. The van der Waals surface area contributed by atoms with Crippen LogP contribution in [0.3, 0.4) is 0 Å². The summed E-state index contributed by atoms with van der Waals surface area (Å²) in [6, 6.07) is 10.6. The Balaban J connectivity index is 1.82. The highest BCUT2D eigenvalue weighted by atomic mass is 32.2. The number of benzene rings is 2. The van der Waals surface area contributed by atoms with Crippen LogP contribution in [0.2, 0.25) is 0 Å². The van der Waals surface area contributed by atoms with E-state index in [4.69, 9.17) is 9.47 Å². The molecular formula is C17H19NO4S. The molecule has 0 amide bonds. The van der Waals surface area contributed by atoms with Gasteiger partial charge >= 0.3 is 0 Å². The second-order valence-electron chi connectivity index (χ2n) is 5.51. The lowest BCUT2D eigenvalue weighted by atomic mass is 10.1. The van der Waals surface area contributed by atoms with Gasteiger partial charge < -0.3 is 9.47 Å². The van der Waals surface area contributed by atoms with E-state index < -0.39 is 10.0 Å². The first-order valence-corrected chi connectivity index (χ1v) is 8.90. The number of ether oxygens (including phenoxy) is 2. The molecular weight excluding hydrogens is 314 g/mol. The van der Waals surface area contributed by atoms with E-state index in [2.05, 4.69) is 4.72 Å². The van der Waals surface area contributed by atoms with Crippen LogP contribution in [0, 0.1) is 13.8 Å². The monoisotopic (exact) mass is 333 g/mol. The summed E-state index contributed by atoms with van der Waals surface area (Å²) in [5.74, 6) is 1.37.